The molecule has 0 saturated carbocycles. The monoisotopic (exact) mass is 247 g/mol. The van der Waals surface area contributed by atoms with Gasteiger partial charge in [-0.05, 0) is 37.0 Å². The zero-order valence-electron chi connectivity index (χ0n) is 12.3. The molecule has 0 saturated heterocycles. The van der Waals surface area contributed by atoms with Gasteiger partial charge in [-0.25, -0.2) is 0 Å². The highest BCUT2D eigenvalue weighted by Gasteiger charge is 2.25. The fourth-order valence-electron chi connectivity index (χ4n) is 1.95. The number of amidine groups is 1. The van der Waals surface area contributed by atoms with Crippen molar-refractivity contribution >= 4 is 11.5 Å². The van der Waals surface area contributed by atoms with E-state index in [1.54, 1.807) is 0 Å². The Balaban J connectivity index is 3.23. The maximum atomic E-state index is 7.69. The third kappa shape index (κ3) is 3.03. The number of hydrogen-bond donors (Lipinski definition) is 2. The first-order valence-corrected chi connectivity index (χ1v) is 6.32. The topological polar surface area (TPSA) is 53.1 Å². The van der Waals surface area contributed by atoms with E-state index in [9.17, 15) is 0 Å². The molecule has 0 aliphatic heterocycles. The molecule has 18 heavy (non-hydrogen) atoms. The van der Waals surface area contributed by atoms with E-state index < -0.39 is 0 Å². The minimum atomic E-state index is 0.123. The van der Waals surface area contributed by atoms with Gasteiger partial charge in [0.15, 0.2) is 0 Å². The Labute approximate surface area is 111 Å². The molecule has 0 aliphatic carbocycles. The number of anilines is 1. The molecule has 1 aromatic carbocycles. The van der Waals surface area contributed by atoms with Crippen LogP contribution in [0.15, 0.2) is 18.2 Å². The molecule has 100 valence electrons. The van der Waals surface area contributed by atoms with Gasteiger partial charge in [0.25, 0.3) is 0 Å². The molecule has 0 aromatic heterocycles. The highest BCUT2D eigenvalue weighted by atomic mass is 15.1. The van der Waals surface area contributed by atoms with Crippen molar-refractivity contribution in [2.45, 2.75) is 40.7 Å². The van der Waals surface area contributed by atoms with Crippen molar-refractivity contribution in [1.29, 1.82) is 5.41 Å². The average molecular weight is 247 g/mol. The summed E-state index contributed by atoms with van der Waals surface area (Å²) < 4.78 is 0. The second-order valence-corrected chi connectivity index (χ2v) is 6.09. The molecule has 0 spiro atoms. The molecule has 1 atom stereocenters. The molecule has 0 aliphatic rings. The molecule has 1 unspecified atom stereocenters. The van der Waals surface area contributed by atoms with Crippen LogP contribution in [0.2, 0.25) is 0 Å². The van der Waals surface area contributed by atoms with Crippen LogP contribution in [-0.2, 0) is 0 Å². The van der Waals surface area contributed by atoms with Crippen molar-refractivity contribution in [2.75, 3.05) is 11.9 Å². The lowest BCUT2D eigenvalue weighted by Gasteiger charge is -2.37. The molecule has 3 N–H and O–H groups in total. The molecule has 3 nitrogen and oxygen atoms in total. The Morgan fingerprint density at radius 2 is 1.89 bits per heavy atom. The molecule has 0 heterocycles. The molecule has 0 fully saturated rings. The Morgan fingerprint density at radius 3 is 2.33 bits per heavy atom. The molecular formula is C15H25N3. The van der Waals surface area contributed by atoms with Crippen LogP contribution in [-0.4, -0.2) is 18.9 Å². The quantitative estimate of drug-likeness (QED) is 0.637. The number of nitrogens with zero attached hydrogens (tertiary/aromatic N) is 1. The van der Waals surface area contributed by atoms with Crippen LogP contribution in [0.4, 0.5) is 5.69 Å². The summed E-state index contributed by atoms with van der Waals surface area (Å²) in [5.41, 5.74) is 8.86. The zero-order chi connectivity index (χ0) is 14.1. The third-order valence-electron chi connectivity index (χ3n) is 3.66. The van der Waals surface area contributed by atoms with E-state index in [2.05, 4.69) is 52.6 Å². The van der Waals surface area contributed by atoms with Gasteiger partial charge in [-0.2, -0.15) is 0 Å². The first kappa shape index (κ1) is 14.6. The van der Waals surface area contributed by atoms with Crippen LogP contribution < -0.4 is 10.6 Å². The number of nitrogens with one attached hydrogen (secondary N) is 1. The van der Waals surface area contributed by atoms with E-state index in [0.29, 0.717) is 6.04 Å². The first-order chi connectivity index (χ1) is 8.14. The predicted molar refractivity (Wildman–Crippen MR) is 79.5 cm³/mol. The largest absolute Gasteiger partial charge is 0.384 e. The minimum Gasteiger partial charge on any atom is -0.384 e. The normalized spacial score (nSPS) is 13.2. The average Bonchev–Trinajstić information content (AvgIpc) is 2.25. The highest BCUT2D eigenvalue weighted by molar-refractivity contribution is 6.00. The van der Waals surface area contributed by atoms with Gasteiger partial charge < -0.3 is 10.6 Å². The van der Waals surface area contributed by atoms with Crippen molar-refractivity contribution in [3.8, 4) is 0 Å². The van der Waals surface area contributed by atoms with Crippen molar-refractivity contribution < 1.29 is 0 Å². The summed E-state index contributed by atoms with van der Waals surface area (Å²) in [6.45, 7) is 10.9. The van der Waals surface area contributed by atoms with Crippen molar-refractivity contribution in [2.24, 2.45) is 11.1 Å². The number of aryl methyl sites for hydroxylation is 1. The Morgan fingerprint density at radius 1 is 1.33 bits per heavy atom. The van der Waals surface area contributed by atoms with E-state index in [1.807, 2.05) is 12.1 Å². The van der Waals surface area contributed by atoms with Crippen LogP contribution in [0.3, 0.4) is 0 Å². The fourth-order valence-corrected chi connectivity index (χ4v) is 1.95. The minimum absolute atomic E-state index is 0.123. The predicted octanol–water partition coefficient (Wildman–Crippen LogP) is 3.15. The number of hydrogen-bond acceptors (Lipinski definition) is 2. The lowest BCUT2D eigenvalue weighted by molar-refractivity contribution is 0.329. The molecule has 3 heteroatoms. The summed E-state index contributed by atoms with van der Waals surface area (Å²) in [7, 11) is 2.07. The lowest BCUT2D eigenvalue weighted by Crippen LogP contribution is -2.40. The fraction of sp³-hybridized carbons (Fsp3) is 0.533. The molecular weight excluding hydrogens is 222 g/mol. The number of rotatable bonds is 3. The maximum absolute atomic E-state index is 7.69. The van der Waals surface area contributed by atoms with E-state index in [0.717, 1.165) is 11.3 Å². The van der Waals surface area contributed by atoms with Gasteiger partial charge >= 0.3 is 0 Å². The Hall–Kier alpha value is -1.51. The summed E-state index contributed by atoms with van der Waals surface area (Å²) in [6, 6.07) is 6.38. The maximum Gasteiger partial charge on any atom is 0.124 e. The van der Waals surface area contributed by atoms with Gasteiger partial charge in [0.1, 0.15) is 5.84 Å². The van der Waals surface area contributed by atoms with E-state index >= 15 is 0 Å². The van der Waals surface area contributed by atoms with Crippen LogP contribution in [0.5, 0.6) is 0 Å². The standard InChI is InChI=1S/C15H25N3/c1-10-7-8-12(14(16)17)13(9-10)18(6)11(2)15(3,4)5/h7-9,11H,1-6H3,(H3,16,17). The van der Waals surface area contributed by atoms with Gasteiger partial charge in [0, 0.05) is 24.3 Å². The smallest absolute Gasteiger partial charge is 0.124 e. The Kier molecular flexibility index (Phi) is 4.05. The van der Waals surface area contributed by atoms with Crippen LogP contribution in [0.1, 0.15) is 38.8 Å². The highest BCUT2D eigenvalue weighted by Crippen LogP contribution is 2.30. The van der Waals surface area contributed by atoms with Gasteiger partial charge in [-0.15, -0.1) is 0 Å². The van der Waals surface area contributed by atoms with E-state index in [4.69, 9.17) is 11.1 Å². The summed E-state index contributed by atoms with van der Waals surface area (Å²) in [6.07, 6.45) is 0. The van der Waals surface area contributed by atoms with E-state index in [-0.39, 0.29) is 11.3 Å². The van der Waals surface area contributed by atoms with Crippen LogP contribution >= 0.6 is 0 Å². The zero-order valence-corrected chi connectivity index (χ0v) is 12.3. The number of nitrogens with two attached hydrogens (primary N) is 1. The van der Waals surface area contributed by atoms with Crippen molar-refractivity contribution in [3.05, 3.63) is 29.3 Å². The van der Waals surface area contributed by atoms with Crippen molar-refractivity contribution in [3.63, 3.8) is 0 Å². The third-order valence-corrected chi connectivity index (χ3v) is 3.66. The molecule has 0 bridgehead atoms. The van der Waals surface area contributed by atoms with Crippen molar-refractivity contribution in [1.82, 2.24) is 0 Å². The van der Waals surface area contributed by atoms with E-state index in [1.165, 1.54) is 5.56 Å². The Bertz CT molecular complexity index is 444. The lowest BCUT2D eigenvalue weighted by atomic mass is 9.86. The molecule has 1 aromatic rings. The van der Waals surface area contributed by atoms with Gasteiger partial charge in [-0.1, -0.05) is 26.8 Å². The summed E-state index contributed by atoms with van der Waals surface area (Å²) in [5.74, 6) is 0.123. The summed E-state index contributed by atoms with van der Waals surface area (Å²) >= 11 is 0. The first-order valence-electron chi connectivity index (χ1n) is 6.32. The van der Waals surface area contributed by atoms with Crippen LogP contribution in [0, 0.1) is 17.7 Å². The van der Waals surface area contributed by atoms with Gasteiger partial charge in [0.2, 0.25) is 0 Å². The number of nitrogen functional groups attached to an aromatic ring is 1. The van der Waals surface area contributed by atoms with Crippen LogP contribution in [0.25, 0.3) is 0 Å². The van der Waals surface area contributed by atoms with Gasteiger partial charge in [0.05, 0.1) is 0 Å². The summed E-state index contributed by atoms with van der Waals surface area (Å²) in [4.78, 5) is 2.21. The molecule has 1 rings (SSSR count). The second kappa shape index (κ2) is 5.01. The second-order valence-electron chi connectivity index (χ2n) is 6.09. The SMILES string of the molecule is Cc1ccc(C(=N)N)c(N(C)C(C)C(C)(C)C)c1. The number of benzene rings is 1. The molecule has 0 radical (unpaired) electrons. The summed E-state index contributed by atoms with van der Waals surface area (Å²) in [5, 5.41) is 7.69. The van der Waals surface area contributed by atoms with Gasteiger partial charge in [-0.3, -0.25) is 5.41 Å². The molecule has 0 amide bonds.